The zero-order valence-electron chi connectivity index (χ0n) is 12.1. The minimum absolute atomic E-state index is 0.116. The van der Waals surface area contributed by atoms with Crippen molar-refractivity contribution < 1.29 is 4.79 Å². The molecule has 1 aromatic carbocycles. The van der Waals surface area contributed by atoms with Gasteiger partial charge >= 0.3 is 0 Å². The number of benzene rings is 1. The van der Waals surface area contributed by atoms with Gasteiger partial charge in [0.15, 0.2) is 5.17 Å². The Morgan fingerprint density at radius 2 is 2.00 bits per heavy atom. The summed E-state index contributed by atoms with van der Waals surface area (Å²) in [7, 11) is 0. The van der Waals surface area contributed by atoms with Gasteiger partial charge in [-0.25, -0.2) is 4.99 Å². The molecule has 1 aliphatic rings. The first-order valence-corrected chi connectivity index (χ1v) is 7.85. The normalized spacial score (nSPS) is 18.0. The van der Waals surface area contributed by atoms with E-state index in [0.717, 1.165) is 23.2 Å². The molecule has 110 valence electrons. The van der Waals surface area contributed by atoms with E-state index >= 15 is 0 Å². The zero-order chi connectivity index (χ0) is 15.4. The molecular weight excluding hydrogens is 294 g/mol. The first-order chi connectivity index (χ1) is 10.8. The van der Waals surface area contributed by atoms with E-state index in [0.29, 0.717) is 10.1 Å². The van der Waals surface area contributed by atoms with Gasteiger partial charge in [0.25, 0.3) is 5.91 Å². The van der Waals surface area contributed by atoms with Gasteiger partial charge in [0, 0.05) is 12.4 Å². The molecule has 2 heterocycles. The molecule has 1 N–H and O–H groups in total. The van der Waals surface area contributed by atoms with E-state index in [1.807, 2.05) is 36.4 Å². The van der Waals surface area contributed by atoms with Gasteiger partial charge in [-0.2, -0.15) is 0 Å². The lowest BCUT2D eigenvalue weighted by atomic mass is 10.1. The Balaban J connectivity index is 1.85. The van der Waals surface area contributed by atoms with Gasteiger partial charge in [0.1, 0.15) is 0 Å². The predicted octanol–water partition coefficient (Wildman–Crippen LogP) is 3.54. The number of hydrogen-bond donors (Lipinski definition) is 1. The number of aromatic nitrogens is 1. The number of rotatable bonds is 3. The molecule has 1 fully saturated rings. The lowest BCUT2D eigenvalue weighted by Gasteiger charge is -2.02. The van der Waals surface area contributed by atoms with E-state index in [-0.39, 0.29) is 5.91 Å². The summed E-state index contributed by atoms with van der Waals surface area (Å²) in [5.74, 6) is -0.116. The Hall–Kier alpha value is -2.40. The highest BCUT2D eigenvalue weighted by Gasteiger charge is 2.23. The molecule has 4 nitrogen and oxygen atoms in total. The van der Waals surface area contributed by atoms with Gasteiger partial charge in [-0.05, 0) is 53.6 Å². The van der Waals surface area contributed by atoms with Crippen LogP contribution in [-0.2, 0) is 11.2 Å². The number of carbonyl (C=O) groups is 1. The van der Waals surface area contributed by atoms with Crippen LogP contribution >= 0.6 is 11.8 Å². The largest absolute Gasteiger partial charge is 0.300 e. The number of para-hydroxylation sites is 1. The van der Waals surface area contributed by atoms with E-state index in [1.54, 1.807) is 12.4 Å². The number of nitrogens with one attached hydrogen (secondary N) is 1. The van der Waals surface area contributed by atoms with E-state index in [1.165, 1.54) is 11.8 Å². The molecule has 22 heavy (non-hydrogen) atoms. The van der Waals surface area contributed by atoms with Crippen LogP contribution in [0.15, 0.2) is 58.7 Å². The van der Waals surface area contributed by atoms with Crippen molar-refractivity contribution in [1.29, 1.82) is 0 Å². The second kappa shape index (κ2) is 6.58. The highest BCUT2D eigenvalue weighted by atomic mass is 32.2. The molecule has 1 aromatic heterocycles. The van der Waals surface area contributed by atoms with Crippen molar-refractivity contribution >= 4 is 34.6 Å². The van der Waals surface area contributed by atoms with Crippen molar-refractivity contribution in [3.05, 3.63) is 64.8 Å². The third-order valence-electron chi connectivity index (χ3n) is 3.25. The van der Waals surface area contributed by atoms with Crippen molar-refractivity contribution in [3.63, 3.8) is 0 Å². The number of nitrogens with zero attached hydrogens (tertiary/aromatic N) is 2. The highest BCUT2D eigenvalue weighted by molar-refractivity contribution is 8.18. The standard InChI is InChI=1S/C17H15N3OS/c1-2-13-5-3-4-6-14(13)19-17-20-16(21)15(22-17)11-12-7-9-18-10-8-12/h3-11H,2H2,1H3,(H,19,20,21)/b15-11-. The van der Waals surface area contributed by atoms with Crippen LogP contribution in [-0.4, -0.2) is 16.1 Å². The number of aryl methyl sites for hydroxylation is 1. The third-order valence-corrected chi connectivity index (χ3v) is 4.16. The third kappa shape index (κ3) is 3.26. The molecular formula is C17H15N3OS. The maximum Gasteiger partial charge on any atom is 0.264 e. The molecule has 0 spiro atoms. The Kier molecular flexibility index (Phi) is 4.34. The van der Waals surface area contributed by atoms with Gasteiger partial charge in [0.2, 0.25) is 0 Å². The number of hydrogen-bond acceptors (Lipinski definition) is 4. The highest BCUT2D eigenvalue weighted by Crippen LogP contribution is 2.29. The molecule has 1 aliphatic heterocycles. The SMILES string of the molecule is CCc1ccccc1N=C1NC(=O)/C(=C/c2ccncc2)S1. The summed E-state index contributed by atoms with van der Waals surface area (Å²) in [6.07, 6.45) is 6.16. The van der Waals surface area contributed by atoms with Crippen LogP contribution in [0.4, 0.5) is 5.69 Å². The van der Waals surface area contributed by atoms with Crippen LogP contribution < -0.4 is 5.32 Å². The molecule has 0 atom stereocenters. The summed E-state index contributed by atoms with van der Waals surface area (Å²) in [6.45, 7) is 2.09. The van der Waals surface area contributed by atoms with Crippen molar-refractivity contribution in [2.45, 2.75) is 13.3 Å². The molecule has 0 radical (unpaired) electrons. The summed E-state index contributed by atoms with van der Waals surface area (Å²) < 4.78 is 0. The topological polar surface area (TPSA) is 54.4 Å². The fourth-order valence-corrected chi connectivity index (χ4v) is 2.95. The number of amidine groups is 1. The Morgan fingerprint density at radius 1 is 1.23 bits per heavy atom. The number of pyridine rings is 1. The molecule has 3 rings (SSSR count). The Morgan fingerprint density at radius 3 is 2.77 bits per heavy atom. The molecule has 1 amide bonds. The molecule has 1 saturated heterocycles. The maximum atomic E-state index is 12.0. The van der Waals surface area contributed by atoms with Crippen LogP contribution in [0.2, 0.25) is 0 Å². The molecule has 0 unspecified atom stereocenters. The number of carbonyl (C=O) groups excluding carboxylic acids is 1. The average molecular weight is 309 g/mol. The summed E-state index contributed by atoms with van der Waals surface area (Å²) in [5.41, 5.74) is 3.01. The van der Waals surface area contributed by atoms with Crippen molar-refractivity contribution in [2.75, 3.05) is 0 Å². The van der Waals surface area contributed by atoms with E-state index in [4.69, 9.17) is 0 Å². The summed E-state index contributed by atoms with van der Waals surface area (Å²) in [6, 6.07) is 11.7. The van der Waals surface area contributed by atoms with Crippen molar-refractivity contribution in [1.82, 2.24) is 10.3 Å². The summed E-state index contributed by atoms with van der Waals surface area (Å²) >= 11 is 1.36. The first-order valence-electron chi connectivity index (χ1n) is 7.04. The monoisotopic (exact) mass is 309 g/mol. The lowest BCUT2D eigenvalue weighted by molar-refractivity contribution is -0.115. The molecule has 2 aromatic rings. The second-order valence-electron chi connectivity index (χ2n) is 4.74. The van der Waals surface area contributed by atoms with E-state index in [9.17, 15) is 4.79 Å². The van der Waals surface area contributed by atoms with Crippen molar-refractivity contribution in [2.24, 2.45) is 4.99 Å². The fraction of sp³-hybridized carbons (Fsp3) is 0.118. The fourth-order valence-electron chi connectivity index (χ4n) is 2.12. The predicted molar refractivity (Wildman–Crippen MR) is 90.9 cm³/mol. The van der Waals surface area contributed by atoms with Crippen LogP contribution in [0.1, 0.15) is 18.1 Å². The van der Waals surface area contributed by atoms with Crippen LogP contribution in [0.5, 0.6) is 0 Å². The van der Waals surface area contributed by atoms with Gasteiger partial charge in [-0.3, -0.25) is 9.78 Å². The Bertz CT molecular complexity index is 754. The van der Waals surface area contributed by atoms with Gasteiger partial charge in [-0.15, -0.1) is 0 Å². The number of aliphatic imine (C=N–C) groups is 1. The van der Waals surface area contributed by atoms with Crippen LogP contribution in [0.3, 0.4) is 0 Å². The van der Waals surface area contributed by atoms with Gasteiger partial charge in [-0.1, -0.05) is 25.1 Å². The summed E-state index contributed by atoms with van der Waals surface area (Å²) in [5, 5.41) is 3.43. The van der Waals surface area contributed by atoms with Gasteiger partial charge in [0.05, 0.1) is 10.6 Å². The van der Waals surface area contributed by atoms with Crippen molar-refractivity contribution in [3.8, 4) is 0 Å². The lowest BCUT2D eigenvalue weighted by Crippen LogP contribution is -2.19. The molecule has 0 bridgehead atoms. The van der Waals surface area contributed by atoms with E-state index < -0.39 is 0 Å². The smallest absolute Gasteiger partial charge is 0.264 e. The first kappa shape index (κ1) is 14.5. The average Bonchev–Trinajstić information content (AvgIpc) is 2.88. The van der Waals surface area contributed by atoms with E-state index in [2.05, 4.69) is 28.3 Å². The zero-order valence-corrected chi connectivity index (χ0v) is 12.9. The number of amides is 1. The molecule has 5 heteroatoms. The second-order valence-corrected chi connectivity index (χ2v) is 5.78. The van der Waals surface area contributed by atoms with Gasteiger partial charge < -0.3 is 5.32 Å². The van der Waals surface area contributed by atoms with Crippen LogP contribution in [0, 0.1) is 0 Å². The minimum Gasteiger partial charge on any atom is -0.300 e. The minimum atomic E-state index is -0.116. The molecule has 0 saturated carbocycles. The molecule has 0 aliphatic carbocycles. The summed E-state index contributed by atoms with van der Waals surface area (Å²) in [4.78, 5) is 21.2. The van der Waals surface area contributed by atoms with Crippen LogP contribution in [0.25, 0.3) is 6.08 Å². The quantitative estimate of drug-likeness (QED) is 0.882. The maximum absolute atomic E-state index is 12.0. The Labute approximate surface area is 133 Å². The number of thioether (sulfide) groups is 1.